The molecule has 0 aliphatic carbocycles. The summed E-state index contributed by atoms with van der Waals surface area (Å²) in [7, 11) is 0. The second-order valence-electron chi connectivity index (χ2n) is 2.64. The van der Waals surface area contributed by atoms with Gasteiger partial charge in [0.25, 0.3) is 11.6 Å². The molecule has 0 unspecified atom stereocenters. The van der Waals surface area contributed by atoms with Crippen LogP contribution in [0.1, 0.15) is 0 Å². The highest BCUT2D eigenvalue weighted by molar-refractivity contribution is 5.73. The van der Waals surface area contributed by atoms with Crippen LogP contribution in [0, 0.1) is 0 Å². The molecule has 75 valence electrons. The number of anilines is 1. The van der Waals surface area contributed by atoms with Crippen molar-refractivity contribution in [2.45, 2.75) is 0 Å². The molecule has 2 rings (SSSR count). The molecule has 6 N–H and O–H groups in total. The van der Waals surface area contributed by atoms with Crippen molar-refractivity contribution in [2.24, 2.45) is 0 Å². The first kappa shape index (κ1) is 8.53. The molecule has 2 heterocycles. The molecule has 0 fully saturated rings. The molecule has 1 radical (unpaired) electrons. The lowest BCUT2D eigenvalue weighted by Gasteiger charge is -1.93. The molecule has 0 saturated heterocycles. The van der Waals surface area contributed by atoms with Crippen molar-refractivity contribution in [1.82, 2.24) is 9.63 Å². The second-order valence-corrected chi connectivity index (χ2v) is 2.64. The largest absolute Gasteiger partial charge is 0.500 e. The fourth-order valence-corrected chi connectivity index (χ4v) is 1.21. The third kappa shape index (κ3) is 0.690. The van der Waals surface area contributed by atoms with Crippen LogP contribution in [0.15, 0.2) is 5.88 Å². The van der Waals surface area contributed by atoms with Crippen LogP contribution in [0.5, 0.6) is 17.4 Å². The van der Waals surface area contributed by atoms with Gasteiger partial charge in [-0.1, -0.05) is 0 Å². The van der Waals surface area contributed by atoms with Gasteiger partial charge in [0, 0.05) is 0 Å². The minimum absolute atomic E-state index is 0.0180. The van der Waals surface area contributed by atoms with E-state index < -0.39 is 35.0 Å². The summed E-state index contributed by atoms with van der Waals surface area (Å²) in [5.41, 5.74) is 0. The Kier molecular flexibility index (Phi) is 1.37. The Hall–Kier alpha value is -2.06. The molecule has 1 aliphatic rings. The summed E-state index contributed by atoms with van der Waals surface area (Å²) in [6.07, 6.45) is 0. The van der Waals surface area contributed by atoms with E-state index in [1.807, 2.05) is 0 Å². The van der Waals surface area contributed by atoms with Crippen LogP contribution in [-0.4, -0.2) is 35.3 Å². The van der Waals surface area contributed by atoms with Crippen LogP contribution < -0.4 is 5.06 Å². The van der Waals surface area contributed by atoms with E-state index in [-0.39, 0.29) is 5.06 Å². The van der Waals surface area contributed by atoms with Crippen LogP contribution in [0.2, 0.25) is 0 Å². The van der Waals surface area contributed by atoms with Crippen molar-refractivity contribution in [1.29, 1.82) is 0 Å². The number of hydrogen-bond donors (Lipinski definition) is 6. The lowest BCUT2D eigenvalue weighted by Crippen LogP contribution is -2.15. The molecule has 14 heavy (non-hydrogen) atoms. The quantitative estimate of drug-likeness (QED) is 0.327. The number of fused-ring (bicyclic) bond motifs is 1. The van der Waals surface area contributed by atoms with Gasteiger partial charge < -0.3 is 25.5 Å². The number of aliphatic hydroxyl groups excluding tert-OH is 2. The van der Waals surface area contributed by atoms with Gasteiger partial charge in [0.15, 0.2) is 0 Å². The van der Waals surface area contributed by atoms with Gasteiger partial charge in [-0.3, -0.25) is 0 Å². The van der Waals surface area contributed by atoms with Gasteiger partial charge in [0.2, 0.25) is 5.75 Å². The molecule has 0 spiro atoms. The van der Waals surface area contributed by atoms with E-state index >= 15 is 0 Å². The van der Waals surface area contributed by atoms with Crippen LogP contribution >= 0.6 is 0 Å². The zero-order valence-corrected chi connectivity index (χ0v) is 6.58. The summed E-state index contributed by atoms with van der Waals surface area (Å²) >= 11 is 0. The maximum absolute atomic E-state index is 9.16. The highest BCUT2D eigenvalue weighted by Crippen LogP contribution is 2.50. The van der Waals surface area contributed by atoms with Crippen molar-refractivity contribution in [3.05, 3.63) is 5.88 Å². The molecule has 0 aromatic carbocycles. The molecular weight excluding hydrogens is 196 g/mol. The summed E-state index contributed by atoms with van der Waals surface area (Å²) < 4.78 is 0.472. The summed E-state index contributed by atoms with van der Waals surface area (Å²) in [4.78, 5) is 0. The number of rotatable bonds is 0. The van der Waals surface area contributed by atoms with Gasteiger partial charge in [-0.05, 0) is 0 Å². The maximum Gasteiger partial charge on any atom is 0.446 e. The van der Waals surface area contributed by atoms with E-state index in [4.69, 9.17) is 30.7 Å². The molecule has 0 amide bonds. The molecule has 1 aromatic rings. The molecule has 0 saturated carbocycles. The molecule has 1 aromatic heterocycles. The average molecular weight is 202 g/mol. The number of aromatic hydroxyl groups is 3. The Morgan fingerprint density at radius 1 is 0.929 bits per heavy atom. The normalized spacial score (nSPS) is 16.4. The number of hydrogen-bond acceptors (Lipinski definition) is 7. The Bertz CT molecular complexity index is 448. The van der Waals surface area contributed by atoms with Crippen molar-refractivity contribution >= 4 is 11.7 Å². The first-order valence-corrected chi connectivity index (χ1v) is 3.44. The van der Waals surface area contributed by atoms with Gasteiger partial charge in [-0.25, -0.2) is 0 Å². The molecule has 0 atom stereocenters. The van der Waals surface area contributed by atoms with E-state index in [0.29, 0.717) is 4.57 Å². The fourth-order valence-electron chi connectivity index (χ4n) is 1.21. The van der Waals surface area contributed by atoms with Crippen molar-refractivity contribution in [3.8, 4) is 17.4 Å². The van der Waals surface area contributed by atoms with Gasteiger partial charge in [0.1, 0.15) is 5.06 Å². The molecule has 0 bridgehead atoms. The zero-order chi connectivity index (χ0) is 10.6. The Morgan fingerprint density at radius 2 is 1.50 bits per heavy atom. The van der Waals surface area contributed by atoms with Gasteiger partial charge >= 0.3 is 17.6 Å². The maximum atomic E-state index is 9.16. The van der Waals surface area contributed by atoms with Crippen LogP contribution in [0.3, 0.4) is 0 Å². The Balaban J connectivity index is 2.79. The van der Waals surface area contributed by atoms with E-state index in [2.05, 4.69) is 0 Å². The number of nitrogens with zero attached hydrogens (tertiary/aromatic N) is 2. The first-order chi connectivity index (χ1) is 6.46. The highest BCUT2D eigenvalue weighted by Gasteiger charge is 2.49. The summed E-state index contributed by atoms with van der Waals surface area (Å²) in [5, 5.41) is 54.6. The zero-order valence-electron chi connectivity index (χ0n) is 6.58. The van der Waals surface area contributed by atoms with Crippen LogP contribution in [0.25, 0.3) is 5.88 Å². The average Bonchev–Trinajstić information content (AvgIpc) is 2.51. The minimum atomic E-state index is -0.967. The summed E-state index contributed by atoms with van der Waals surface area (Å²) in [6.45, 7) is 0. The molecule has 8 heteroatoms. The van der Waals surface area contributed by atoms with E-state index in [1.165, 1.54) is 0 Å². The van der Waals surface area contributed by atoms with Crippen molar-refractivity contribution in [3.63, 3.8) is 0 Å². The number of aliphatic hydroxyl groups is 2. The van der Waals surface area contributed by atoms with E-state index in [0.717, 1.165) is 0 Å². The smallest absolute Gasteiger partial charge is 0.446 e. The van der Waals surface area contributed by atoms with Crippen LogP contribution in [-0.2, 0) is 0 Å². The summed E-state index contributed by atoms with van der Waals surface area (Å²) in [5.74, 6) is -5.08. The predicted octanol–water partition coefficient (Wildman–Crippen LogP) is -0.0211. The van der Waals surface area contributed by atoms with Gasteiger partial charge in [-0.15, -0.1) is 5.21 Å². The van der Waals surface area contributed by atoms with Crippen molar-refractivity contribution in [2.75, 3.05) is 0 Å². The fraction of sp³-hybridized carbons (Fsp3) is 0. The third-order valence-electron chi connectivity index (χ3n) is 1.88. The van der Waals surface area contributed by atoms with E-state index in [1.54, 1.807) is 0 Å². The third-order valence-corrected chi connectivity index (χ3v) is 1.88. The minimum Gasteiger partial charge on any atom is -0.500 e. The SMILES string of the molecule is OC1=C(O)[N+](O)c2c(O)c(O)c(O)n21. The van der Waals surface area contributed by atoms with Crippen LogP contribution in [0.4, 0.5) is 5.82 Å². The lowest BCUT2D eigenvalue weighted by molar-refractivity contribution is 0.0553. The monoisotopic (exact) mass is 202 g/mol. The Morgan fingerprint density at radius 3 is 2.00 bits per heavy atom. The second kappa shape index (κ2) is 2.25. The van der Waals surface area contributed by atoms with Gasteiger partial charge in [-0.2, -0.15) is 4.57 Å². The van der Waals surface area contributed by atoms with Gasteiger partial charge in [0.05, 0.1) is 0 Å². The standard InChI is InChI=1S/C6H6N2O6/c9-1-2(10)4(11)7-3(1)8(14)6(13)5(7)12/h9-14H/q+1. The van der Waals surface area contributed by atoms with Crippen molar-refractivity contribution < 1.29 is 30.7 Å². The molecular formula is C6H6N2O6+. The topological polar surface area (TPSA) is 132 Å². The first-order valence-electron chi connectivity index (χ1n) is 3.44. The molecule has 1 aliphatic heterocycles. The number of aromatic nitrogens is 1. The molecule has 8 nitrogen and oxygen atoms in total. The van der Waals surface area contributed by atoms with E-state index in [9.17, 15) is 0 Å². The number of hydroxylamine groups is 1. The Labute approximate surface area is 76.4 Å². The highest BCUT2D eigenvalue weighted by atomic mass is 16.5. The summed E-state index contributed by atoms with van der Waals surface area (Å²) in [6, 6.07) is 0. The lowest BCUT2D eigenvalue weighted by atomic mass is 10.5. The predicted molar refractivity (Wildman–Crippen MR) is 41.5 cm³/mol.